The fourth-order valence-electron chi connectivity index (χ4n) is 2.62. The Hall–Kier alpha value is -3.03. The summed E-state index contributed by atoms with van der Waals surface area (Å²) in [4.78, 5) is 58.5. The molecule has 0 fully saturated rings. The Kier molecular flexibility index (Phi) is 11.3. The van der Waals surface area contributed by atoms with E-state index in [2.05, 4.69) is 21.2 Å². The average Bonchev–Trinajstić information content (AvgIpc) is 2.63. The van der Waals surface area contributed by atoms with Crippen LogP contribution in [0.15, 0.2) is 22.7 Å². The number of halogens is 1. The van der Waals surface area contributed by atoms with Gasteiger partial charge in [-0.05, 0) is 12.1 Å². The topological polar surface area (TPSA) is 174 Å². The molecule has 0 aliphatic heterocycles. The Morgan fingerprint density at radius 1 is 0.906 bits per heavy atom. The van der Waals surface area contributed by atoms with Crippen LogP contribution in [-0.2, 0) is 35.3 Å². The highest BCUT2D eigenvalue weighted by atomic mass is 79.9. The predicted molar refractivity (Wildman–Crippen MR) is 114 cm³/mol. The Morgan fingerprint density at radius 3 is 1.84 bits per heavy atom. The van der Waals surface area contributed by atoms with Crippen LogP contribution >= 0.6 is 15.9 Å². The average molecular weight is 518 g/mol. The number of hydrogen-bond donors (Lipinski definition) is 4. The summed E-state index contributed by atoms with van der Waals surface area (Å²) in [6.07, 6.45) is 0. The molecule has 4 N–H and O–H groups in total. The molecule has 0 saturated heterocycles. The maximum Gasteiger partial charge on any atom is 0.320 e. The van der Waals surface area contributed by atoms with E-state index in [4.69, 9.17) is 20.1 Å². The Labute approximate surface area is 191 Å². The number of carboxylic acids is 3. The number of carbonyl (C=O) groups excluding carboxylic acids is 2. The number of hydrogen-bond acceptors (Lipinski definition) is 8. The highest BCUT2D eigenvalue weighted by Gasteiger charge is 2.19. The highest BCUT2D eigenvalue weighted by molar-refractivity contribution is 9.10. The van der Waals surface area contributed by atoms with Crippen molar-refractivity contribution in [3.05, 3.63) is 28.2 Å². The van der Waals surface area contributed by atoms with Gasteiger partial charge in [-0.15, -0.1) is 0 Å². The third kappa shape index (κ3) is 11.4. The van der Waals surface area contributed by atoms with E-state index in [0.717, 1.165) is 4.90 Å². The van der Waals surface area contributed by atoms with Crippen molar-refractivity contribution in [3.63, 3.8) is 0 Å². The number of nitrogens with one attached hydrogen (secondary N) is 1. The van der Waals surface area contributed by atoms with Crippen LogP contribution in [0.2, 0.25) is 0 Å². The zero-order chi connectivity index (χ0) is 24.3. The molecule has 1 rings (SSSR count). The Morgan fingerprint density at radius 2 is 1.41 bits per heavy atom. The number of esters is 1. The molecule has 0 unspecified atom stereocenters. The number of rotatable bonds is 14. The quantitative estimate of drug-likeness (QED) is 0.250. The minimum atomic E-state index is -1.23. The van der Waals surface area contributed by atoms with E-state index < -0.39 is 43.5 Å². The first-order valence-electron chi connectivity index (χ1n) is 9.28. The molecule has 0 radical (unpaired) electrons. The fraction of sp³-hybridized carbons (Fsp3) is 0.421. The van der Waals surface area contributed by atoms with Crippen LogP contribution in [0.5, 0.6) is 0 Å². The lowest BCUT2D eigenvalue weighted by Gasteiger charge is -2.24. The van der Waals surface area contributed by atoms with Gasteiger partial charge < -0.3 is 25.4 Å². The van der Waals surface area contributed by atoms with Crippen molar-refractivity contribution in [2.45, 2.75) is 13.5 Å². The van der Waals surface area contributed by atoms with Crippen LogP contribution in [0.4, 0.5) is 5.69 Å². The molecule has 1 aromatic rings. The molecule has 0 saturated carbocycles. The normalized spacial score (nSPS) is 10.8. The molecule has 0 spiro atoms. The molecule has 13 heteroatoms. The van der Waals surface area contributed by atoms with Crippen molar-refractivity contribution < 1.29 is 44.0 Å². The van der Waals surface area contributed by atoms with Gasteiger partial charge in [0.05, 0.1) is 26.2 Å². The fourth-order valence-corrected chi connectivity index (χ4v) is 3.11. The van der Waals surface area contributed by atoms with Crippen molar-refractivity contribution in [2.24, 2.45) is 0 Å². The van der Waals surface area contributed by atoms with Crippen LogP contribution in [-0.4, -0.2) is 94.2 Å². The van der Waals surface area contributed by atoms with Crippen LogP contribution in [0.1, 0.15) is 12.5 Å². The first-order valence-corrected chi connectivity index (χ1v) is 10.1. The Balaban J connectivity index is 2.67. The van der Waals surface area contributed by atoms with Gasteiger partial charge in [-0.3, -0.25) is 33.8 Å². The van der Waals surface area contributed by atoms with Crippen LogP contribution in [0.25, 0.3) is 0 Å². The number of benzene rings is 1. The highest BCUT2D eigenvalue weighted by Crippen LogP contribution is 2.22. The lowest BCUT2D eigenvalue weighted by atomic mass is 10.2. The third-order valence-electron chi connectivity index (χ3n) is 3.92. The molecule has 12 nitrogen and oxygen atoms in total. The first kappa shape index (κ1) is 27.0. The molecule has 176 valence electrons. The summed E-state index contributed by atoms with van der Waals surface area (Å²) in [7, 11) is 0. The maximum atomic E-state index is 12.2. The SMILES string of the molecule is CC(=O)Nc1ccc(COC(=O)CN(CCN(CC(=O)O)CC(=O)O)CC(=O)O)c(Br)c1. The number of carboxylic acid groups (broad SMARTS) is 3. The molecule has 0 atom stereocenters. The molecule has 0 aliphatic carbocycles. The predicted octanol–water partition coefficient (Wildman–Crippen LogP) is 0.309. The minimum Gasteiger partial charge on any atom is -0.480 e. The van der Waals surface area contributed by atoms with Crippen molar-refractivity contribution in [2.75, 3.05) is 44.6 Å². The monoisotopic (exact) mass is 517 g/mol. The summed E-state index contributed by atoms with van der Waals surface area (Å²) in [6.45, 7) is -0.855. The summed E-state index contributed by atoms with van der Waals surface area (Å²) in [5.74, 6) is -4.62. The van der Waals surface area contributed by atoms with E-state index >= 15 is 0 Å². The number of nitrogens with zero attached hydrogens (tertiary/aromatic N) is 2. The standard InChI is InChI=1S/C19H24BrN3O9/c1-12(24)21-14-3-2-13(15(20)6-14)11-32-19(31)10-23(9-18(29)30)5-4-22(7-16(25)26)8-17(27)28/h2-3,6H,4-5,7-11H2,1H3,(H,21,24)(H,25,26)(H,27,28)(H,29,30). The van der Waals surface area contributed by atoms with Crippen LogP contribution in [0, 0.1) is 0 Å². The van der Waals surface area contributed by atoms with E-state index in [1.54, 1.807) is 18.2 Å². The molecule has 0 aromatic heterocycles. The van der Waals surface area contributed by atoms with E-state index in [9.17, 15) is 24.0 Å². The molecule has 0 aliphatic rings. The van der Waals surface area contributed by atoms with Crippen molar-refractivity contribution in [1.82, 2.24) is 9.80 Å². The van der Waals surface area contributed by atoms with Gasteiger partial charge in [0.1, 0.15) is 6.61 Å². The lowest BCUT2D eigenvalue weighted by molar-refractivity contribution is -0.149. The Bertz CT molecular complexity index is 846. The van der Waals surface area contributed by atoms with E-state index in [1.165, 1.54) is 11.8 Å². The number of anilines is 1. The van der Waals surface area contributed by atoms with Crippen molar-refractivity contribution in [1.29, 1.82) is 0 Å². The van der Waals surface area contributed by atoms with Gasteiger partial charge in [0.15, 0.2) is 0 Å². The molecule has 1 aromatic carbocycles. The van der Waals surface area contributed by atoms with Gasteiger partial charge in [0, 0.05) is 35.7 Å². The summed E-state index contributed by atoms with van der Waals surface area (Å²) in [5, 5.41) is 29.4. The van der Waals surface area contributed by atoms with Gasteiger partial charge in [0.25, 0.3) is 0 Å². The molecule has 1 amide bonds. The van der Waals surface area contributed by atoms with Crippen molar-refractivity contribution in [3.8, 4) is 0 Å². The summed E-state index contributed by atoms with van der Waals surface area (Å²) in [6, 6.07) is 4.92. The number of ether oxygens (including phenoxy) is 1. The summed E-state index contributed by atoms with van der Waals surface area (Å²) < 4.78 is 5.78. The van der Waals surface area contributed by atoms with Crippen molar-refractivity contribution >= 4 is 51.4 Å². The minimum absolute atomic E-state index is 0.0585. The van der Waals surface area contributed by atoms with Gasteiger partial charge >= 0.3 is 23.9 Å². The molecular formula is C19H24BrN3O9. The molecule has 32 heavy (non-hydrogen) atoms. The zero-order valence-corrected chi connectivity index (χ0v) is 18.8. The van der Waals surface area contributed by atoms with Crippen LogP contribution in [0.3, 0.4) is 0 Å². The number of amides is 1. The van der Waals surface area contributed by atoms with E-state index in [0.29, 0.717) is 15.7 Å². The zero-order valence-electron chi connectivity index (χ0n) is 17.2. The maximum absolute atomic E-state index is 12.2. The molecule has 0 bridgehead atoms. The first-order chi connectivity index (χ1) is 15.0. The summed E-state index contributed by atoms with van der Waals surface area (Å²) in [5.41, 5.74) is 1.17. The molecule has 0 heterocycles. The lowest BCUT2D eigenvalue weighted by Crippen LogP contribution is -2.43. The second-order valence-corrected chi connectivity index (χ2v) is 7.60. The van der Waals surface area contributed by atoms with Gasteiger partial charge in [-0.2, -0.15) is 0 Å². The van der Waals surface area contributed by atoms with E-state index in [-0.39, 0.29) is 32.1 Å². The number of aliphatic carboxylic acids is 3. The van der Waals surface area contributed by atoms with Gasteiger partial charge in [0.2, 0.25) is 5.91 Å². The largest absolute Gasteiger partial charge is 0.480 e. The van der Waals surface area contributed by atoms with Crippen LogP contribution < -0.4 is 5.32 Å². The second-order valence-electron chi connectivity index (χ2n) is 6.75. The van der Waals surface area contributed by atoms with E-state index in [1.807, 2.05) is 0 Å². The number of carbonyl (C=O) groups is 5. The van der Waals surface area contributed by atoms with Gasteiger partial charge in [-0.1, -0.05) is 22.0 Å². The molecular weight excluding hydrogens is 494 g/mol. The summed E-state index contributed by atoms with van der Waals surface area (Å²) >= 11 is 3.32. The second kappa shape index (κ2) is 13.4. The van der Waals surface area contributed by atoms with Gasteiger partial charge in [-0.25, -0.2) is 0 Å². The third-order valence-corrected chi connectivity index (χ3v) is 4.66. The smallest absolute Gasteiger partial charge is 0.320 e.